The zero-order chi connectivity index (χ0) is 11.7. The molecule has 0 bridgehead atoms. The number of aromatic nitrogens is 2. The molecule has 0 spiro atoms. The normalized spacial score (nSPS) is 16.9. The van der Waals surface area contributed by atoms with Gasteiger partial charge in [-0.2, -0.15) is 0 Å². The van der Waals surface area contributed by atoms with Crippen molar-refractivity contribution in [2.45, 2.75) is 6.42 Å². The van der Waals surface area contributed by atoms with E-state index in [2.05, 4.69) is 20.2 Å². The predicted octanol–water partition coefficient (Wildman–Crippen LogP) is 1.02. The molecule has 1 amide bonds. The van der Waals surface area contributed by atoms with Gasteiger partial charge in [0.05, 0.1) is 5.39 Å². The van der Waals surface area contributed by atoms with Gasteiger partial charge in [-0.25, -0.2) is 9.97 Å². The van der Waals surface area contributed by atoms with Crippen LogP contribution in [0.5, 0.6) is 0 Å². The van der Waals surface area contributed by atoms with Gasteiger partial charge in [0, 0.05) is 26.1 Å². The summed E-state index contributed by atoms with van der Waals surface area (Å²) in [5.41, 5.74) is 0. The van der Waals surface area contributed by atoms with Gasteiger partial charge in [-0.05, 0) is 11.4 Å². The molecule has 1 aliphatic rings. The van der Waals surface area contributed by atoms with E-state index in [4.69, 9.17) is 0 Å². The second-order valence-electron chi connectivity index (χ2n) is 3.92. The number of anilines is 1. The molecule has 1 fully saturated rings. The lowest BCUT2D eigenvalue weighted by molar-refractivity contribution is -0.120. The maximum absolute atomic E-state index is 11.3. The quantitative estimate of drug-likeness (QED) is 0.818. The summed E-state index contributed by atoms with van der Waals surface area (Å²) < 4.78 is 0. The highest BCUT2D eigenvalue weighted by Gasteiger charge is 2.17. The Balaban J connectivity index is 1.97. The number of hydrogen-bond donors (Lipinski definition) is 1. The summed E-state index contributed by atoms with van der Waals surface area (Å²) in [6.45, 7) is 2.19. The number of carbonyl (C=O) groups excluding carboxylic acids is 1. The van der Waals surface area contributed by atoms with Gasteiger partial charge >= 0.3 is 0 Å². The Morgan fingerprint density at radius 2 is 2.29 bits per heavy atom. The molecule has 88 valence electrons. The Bertz CT molecular complexity index is 553. The summed E-state index contributed by atoms with van der Waals surface area (Å²) in [6, 6.07) is 2.04. The molecule has 6 heteroatoms. The molecule has 17 heavy (non-hydrogen) atoms. The average molecular weight is 248 g/mol. The molecule has 0 aliphatic carbocycles. The highest BCUT2D eigenvalue weighted by molar-refractivity contribution is 7.16. The van der Waals surface area contributed by atoms with Gasteiger partial charge in [0.1, 0.15) is 17.0 Å². The van der Waals surface area contributed by atoms with Gasteiger partial charge in [-0.1, -0.05) is 0 Å². The third kappa shape index (κ3) is 1.95. The van der Waals surface area contributed by atoms with E-state index in [1.54, 1.807) is 17.7 Å². The number of nitrogens with zero attached hydrogens (tertiary/aromatic N) is 3. The van der Waals surface area contributed by atoms with Gasteiger partial charge in [-0.15, -0.1) is 11.3 Å². The zero-order valence-electron chi connectivity index (χ0n) is 9.22. The van der Waals surface area contributed by atoms with Crippen LogP contribution in [0.3, 0.4) is 0 Å². The number of thiophene rings is 1. The number of nitrogens with one attached hydrogen (secondary N) is 1. The first-order chi connectivity index (χ1) is 8.34. The van der Waals surface area contributed by atoms with E-state index >= 15 is 0 Å². The molecule has 0 aromatic carbocycles. The third-order valence-electron chi connectivity index (χ3n) is 2.85. The minimum absolute atomic E-state index is 0.114. The Hall–Kier alpha value is -1.69. The number of amides is 1. The van der Waals surface area contributed by atoms with Gasteiger partial charge in [0.15, 0.2) is 0 Å². The molecule has 2 aromatic heterocycles. The standard InChI is InChI=1S/C11H12N4OS/c16-9-1-4-15(5-3-12-9)10-8-2-6-17-11(8)14-7-13-10/h2,6-7H,1,3-5H2,(H,12,16). The Labute approximate surface area is 102 Å². The van der Waals surface area contributed by atoms with E-state index in [9.17, 15) is 4.79 Å². The van der Waals surface area contributed by atoms with Crippen LogP contribution in [0.25, 0.3) is 10.2 Å². The van der Waals surface area contributed by atoms with Crippen molar-refractivity contribution in [1.82, 2.24) is 15.3 Å². The van der Waals surface area contributed by atoms with Gasteiger partial charge in [0.25, 0.3) is 0 Å². The molecular weight excluding hydrogens is 236 g/mol. The molecule has 1 saturated heterocycles. The van der Waals surface area contributed by atoms with Crippen molar-refractivity contribution in [2.75, 3.05) is 24.5 Å². The summed E-state index contributed by atoms with van der Waals surface area (Å²) in [4.78, 5) is 23.0. The van der Waals surface area contributed by atoms with Crippen LogP contribution in [-0.4, -0.2) is 35.5 Å². The van der Waals surface area contributed by atoms with Crippen molar-refractivity contribution >= 4 is 33.3 Å². The van der Waals surface area contributed by atoms with Gasteiger partial charge in [-0.3, -0.25) is 4.79 Å². The lowest BCUT2D eigenvalue weighted by Gasteiger charge is -2.20. The Morgan fingerprint density at radius 3 is 3.24 bits per heavy atom. The topological polar surface area (TPSA) is 58.1 Å². The summed E-state index contributed by atoms with van der Waals surface area (Å²) in [5, 5.41) is 5.96. The fraction of sp³-hybridized carbons (Fsp3) is 0.364. The lowest BCUT2D eigenvalue weighted by Crippen LogP contribution is -2.29. The molecule has 0 unspecified atom stereocenters. The van der Waals surface area contributed by atoms with E-state index in [-0.39, 0.29) is 5.91 Å². The van der Waals surface area contributed by atoms with Crippen molar-refractivity contribution in [2.24, 2.45) is 0 Å². The second-order valence-corrected chi connectivity index (χ2v) is 4.82. The molecule has 3 rings (SSSR count). The smallest absolute Gasteiger partial charge is 0.221 e. The minimum atomic E-state index is 0.114. The first-order valence-corrected chi connectivity index (χ1v) is 6.42. The second kappa shape index (κ2) is 4.29. The number of rotatable bonds is 1. The maximum atomic E-state index is 11.3. The molecule has 5 nitrogen and oxygen atoms in total. The molecule has 3 heterocycles. The largest absolute Gasteiger partial charge is 0.354 e. The molecule has 0 radical (unpaired) electrons. The molecule has 0 saturated carbocycles. The first-order valence-electron chi connectivity index (χ1n) is 5.54. The molecule has 1 aliphatic heterocycles. The molecule has 0 atom stereocenters. The van der Waals surface area contributed by atoms with Crippen LogP contribution >= 0.6 is 11.3 Å². The number of fused-ring (bicyclic) bond motifs is 1. The summed E-state index contributed by atoms with van der Waals surface area (Å²) >= 11 is 1.61. The van der Waals surface area contributed by atoms with Crippen LogP contribution in [0.15, 0.2) is 17.8 Å². The van der Waals surface area contributed by atoms with Crippen LogP contribution < -0.4 is 10.2 Å². The average Bonchev–Trinajstić information content (AvgIpc) is 2.72. The predicted molar refractivity (Wildman–Crippen MR) is 67.3 cm³/mol. The monoisotopic (exact) mass is 248 g/mol. The number of hydrogen-bond acceptors (Lipinski definition) is 5. The van der Waals surface area contributed by atoms with Crippen LogP contribution in [0.1, 0.15) is 6.42 Å². The fourth-order valence-electron chi connectivity index (χ4n) is 2.01. The SMILES string of the molecule is O=C1CCN(c2ncnc3sccc23)CCN1. The first kappa shape index (κ1) is 10.5. The molecule has 1 N–H and O–H groups in total. The summed E-state index contributed by atoms with van der Waals surface area (Å²) in [7, 11) is 0. The van der Waals surface area contributed by atoms with E-state index in [1.807, 2.05) is 11.4 Å². The fourth-order valence-corrected chi connectivity index (χ4v) is 2.74. The number of carbonyl (C=O) groups is 1. The molecule has 2 aromatic rings. The van der Waals surface area contributed by atoms with E-state index in [0.717, 1.165) is 22.6 Å². The Morgan fingerprint density at radius 1 is 1.35 bits per heavy atom. The summed E-state index contributed by atoms with van der Waals surface area (Å²) in [5.74, 6) is 1.05. The van der Waals surface area contributed by atoms with Crippen LogP contribution in [0.2, 0.25) is 0 Å². The van der Waals surface area contributed by atoms with E-state index < -0.39 is 0 Å². The summed E-state index contributed by atoms with van der Waals surface area (Å²) in [6.07, 6.45) is 2.12. The van der Waals surface area contributed by atoms with Gasteiger partial charge in [0.2, 0.25) is 5.91 Å². The van der Waals surface area contributed by atoms with E-state index in [0.29, 0.717) is 19.5 Å². The Kier molecular flexibility index (Phi) is 2.64. The third-order valence-corrected chi connectivity index (χ3v) is 3.67. The highest BCUT2D eigenvalue weighted by atomic mass is 32.1. The highest BCUT2D eigenvalue weighted by Crippen LogP contribution is 2.26. The van der Waals surface area contributed by atoms with Crippen LogP contribution in [-0.2, 0) is 4.79 Å². The van der Waals surface area contributed by atoms with Crippen LogP contribution in [0, 0.1) is 0 Å². The minimum Gasteiger partial charge on any atom is -0.354 e. The van der Waals surface area contributed by atoms with Crippen molar-refractivity contribution in [3.8, 4) is 0 Å². The maximum Gasteiger partial charge on any atom is 0.221 e. The van der Waals surface area contributed by atoms with Crippen molar-refractivity contribution < 1.29 is 4.79 Å². The van der Waals surface area contributed by atoms with E-state index in [1.165, 1.54) is 0 Å². The molecular formula is C11H12N4OS. The van der Waals surface area contributed by atoms with Crippen molar-refractivity contribution in [1.29, 1.82) is 0 Å². The van der Waals surface area contributed by atoms with Gasteiger partial charge < -0.3 is 10.2 Å². The van der Waals surface area contributed by atoms with Crippen molar-refractivity contribution in [3.63, 3.8) is 0 Å². The van der Waals surface area contributed by atoms with Crippen molar-refractivity contribution in [3.05, 3.63) is 17.8 Å². The zero-order valence-corrected chi connectivity index (χ0v) is 10.0. The lowest BCUT2D eigenvalue weighted by atomic mass is 10.3. The van der Waals surface area contributed by atoms with Crippen LogP contribution in [0.4, 0.5) is 5.82 Å².